The first-order valence-electron chi connectivity index (χ1n) is 3.07. The van der Waals surface area contributed by atoms with Gasteiger partial charge in [-0.25, -0.2) is 0 Å². The van der Waals surface area contributed by atoms with E-state index in [9.17, 15) is 4.79 Å². The molecule has 0 aliphatic rings. The van der Waals surface area contributed by atoms with Crippen LogP contribution < -0.4 is 11.1 Å². The van der Waals surface area contributed by atoms with Crippen molar-refractivity contribution in [3.63, 3.8) is 0 Å². The molecule has 0 saturated carbocycles. The average molecular weight is 160 g/mol. The van der Waals surface area contributed by atoms with Crippen LogP contribution in [0.5, 0.6) is 0 Å². The Morgan fingerprint density at radius 3 is 2.60 bits per heavy atom. The number of thiocarbonyl (C=S) groups is 1. The Hall–Kier alpha value is -0.640. The van der Waals surface area contributed by atoms with E-state index in [1.165, 1.54) is 6.92 Å². The van der Waals surface area contributed by atoms with Crippen molar-refractivity contribution < 1.29 is 4.79 Å². The molecule has 0 aromatic rings. The Morgan fingerprint density at radius 1 is 1.80 bits per heavy atom. The summed E-state index contributed by atoms with van der Waals surface area (Å²) in [4.78, 5) is 10.9. The third kappa shape index (κ3) is 5.50. The van der Waals surface area contributed by atoms with Crippen LogP contribution in [0.25, 0.3) is 0 Å². The highest BCUT2D eigenvalue weighted by atomic mass is 32.1. The van der Waals surface area contributed by atoms with Gasteiger partial charge in [0.1, 0.15) is 0 Å². The molecule has 0 aromatic heterocycles. The minimum absolute atomic E-state index is 0.0509. The zero-order chi connectivity index (χ0) is 8.15. The Bertz CT molecular complexity index is 131. The fourth-order valence-electron chi connectivity index (χ4n) is 0.700. The SMILES string of the molecule is CC(=O)NC(C)CC(N)=S. The van der Waals surface area contributed by atoms with Crippen LogP contribution >= 0.6 is 12.2 Å². The van der Waals surface area contributed by atoms with Gasteiger partial charge in [-0.3, -0.25) is 4.79 Å². The number of hydrogen-bond donors (Lipinski definition) is 2. The van der Waals surface area contributed by atoms with Gasteiger partial charge in [-0.05, 0) is 6.92 Å². The lowest BCUT2D eigenvalue weighted by molar-refractivity contribution is -0.119. The first-order chi connectivity index (χ1) is 4.52. The summed E-state index contributed by atoms with van der Waals surface area (Å²) in [7, 11) is 0. The zero-order valence-electron chi connectivity index (χ0n) is 6.18. The molecule has 0 heterocycles. The standard InChI is InChI=1S/C6H12N2OS/c1-4(3-6(7)10)8-5(2)9/h4H,3H2,1-2H3,(H2,7,10)(H,8,9). The summed E-state index contributed by atoms with van der Waals surface area (Å²) in [5.41, 5.74) is 5.25. The van der Waals surface area contributed by atoms with E-state index in [4.69, 9.17) is 5.73 Å². The summed E-state index contributed by atoms with van der Waals surface area (Å²) in [6.07, 6.45) is 0.564. The third-order valence-electron chi connectivity index (χ3n) is 0.957. The van der Waals surface area contributed by atoms with Crippen molar-refractivity contribution in [3.05, 3.63) is 0 Å². The molecule has 0 aliphatic heterocycles. The molecular formula is C6H12N2OS. The molecule has 3 N–H and O–H groups in total. The van der Waals surface area contributed by atoms with E-state index in [-0.39, 0.29) is 11.9 Å². The predicted molar refractivity (Wildman–Crippen MR) is 44.7 cm³/mol. The quantitative estimate of drug-likeness (QED) is 0.579. The fraction of sp³-hybridized carbons (Fsp3) is 0.667. The lowest BCUT2D eigenvalue weighted by atomic mass is 10.2. The van der Waals surface area contributed by atoms with Crippen LogP contribution in [0.4, 0.5) is 0 Å². The van der Waals surface area contributed by atoms with Crippen LogP contribution in [0.3, 0.4) is 0 Å². The molecule has 1 atom stereocenters. The Balaban J connectivity index is 3.53. The van der Waals surface area contributed by atoms with Gasteiger partial charge < -0.3 is 11.1 Å². The van der Waals surface area contributed by atoms with E-state index in [0.29, 0.717) is 11.4 Å². The topological polar surface area (TPSA) is 55.1 Å². The number of carbonyl (C=O) groups excluding carboxylic acids is 1. The summed E-state index contributed by atoms with van der Waals surface area (Å²) in [6.45, 7) is 3.33. The Labute approximate surface area is 66.0 Å². The summed E-state index contributed by atoms with van der Waals surface area (Å²) >= 11 is 4.65. The highest BCUT2D eigenvalue weighted by molar-refractivity contribution is 7.80. The number of nitrogens with one attached hydrogen (secondary N) is 1. The van der Waals surface area contributed by atoms with Gasteiger partial charge in [0.05, 0.1) is 4.99 Å². The Kier molecular flexibility index (Phi) is 3.95. The molecule has 0 aliphatic carbocycles. The van der Waals surface area contributed by atoms with Crippen molar-refractivity contribution in [1.29, 1.82) is 0 Å². The van der Waals surface area contributed by atoms with Crippen molar-refractivity contribution in [2.24, 2.45) is 5.73 Å². The number of nitrogens with two attached hydrogens (primary N) is 1. The van der Waals surface area contributed by atoms with Gasteiger partial charge in [-0.15, -0.1) is 0 Å². The molecule has 0 radical (unpaired) electrons. The van der Waals surface area contributed by atoms with Gasteiger partial charge in [-0.1, -0.05) is 12.2 Å². The molecule has 4 heteroatoms. The Morgan fingerprint density at radius 2 is 2.30 bits per heavy atom. The largest absolute Gasteiger partial charge is 0.393 e. The maximum atomic E-state index is 10.4. The number of hydrogen-bond acceptors (Lipinski definition) is 2. The van der Waals surface area contributed by atoms with E-state index in [0.717, 1.165) is 0 Å². The van der Waals surface area contributed by atoms with Crippen molar-refractivity contribution in [3.8, 4) is 0 Å². The minimum atomic E-state index is -0.0521. The molecule has 0 bridgehead atoms. The molecule has 0 fully saturated rings. The average Bonchev–Trinajstić information content (AvgIpc) is 1.58. The second kappa shape index (κ2) is 4.22. The zero-order valence-corrected chi connectivity index (χ0v) is 6.99. The summed E-state index contributed by atoms with van der Waals surface area (Å²) in [6, 6.07) is 0.0509. The van der Waals surface area contributed by atoms with Crippen LogP contribution in [0.15, 0.2) is 0 Å². The molecule has 0 aromatic carbocycles. The van der Waals surface area contributed by atoms with E-state index in [1.54, 1.807) is 0 Å². The number of amides is 1. The maximum Gasteiger partial charge on any atom is 0.217 e. The van der Waals surface area contributed by atoms with Gasteiger partial charge in [0, 0.05) is 19.4 Å². The molecule has 1 amide bonds. The smallest absolute Gasteiger partial charge is 0.217 e. The monoisotopic (exact) mass is 160 g/mol. The van der Waals surface area contributed by atoms with Crippen LogP contribution in [-0.2, 0) is 4.79 Å². The van der Waals surface area contributed by atoms with Crippen molar-refractivity contribution in [2.45, 2.75) is 26.3 Å². The number of rotatable bonds is 3. The predicted octanol–water partition coefficient (Wildman–Crippen LogP) is 0.187. The summed E-state index contributed by atoms with van der Waals surface area (Å²) in [5, 5.41) is 2.67. The minimum Gasteiger partial charge on any atom is -0.393 e. The second-order valence-corrected chi connectivity index (χ2v) is 2.80. The van der Waals surface area contributed by atoms with Gasteiger partial charge in [0.15, 0.2) is 0 Å². The van der Waals surface area contributed by atoms with E-state index in [2.05, 4.69) is 17.5 Å². The summed E-state index contributed by atoms with van der Waals surface area (Å²) < 4.78 is 0. The molecule has 1 unspecified atom stereocenters. The lowest BCUT2D eigenvalue weighted by Crippen LogP contribution is -2.33. The second-order valence-electron chi connectivity index (χ2n) is 2.27. The molecule has 0 saturated heterocycles. The van der Waals surface area contributed by atoms with E-state index >= 15 is 0 Å². The van der Waals surface area contributed by atoms with Gasteiger partial charge >= 0.3 is 0 Å². The van der Waals surface area contributed by atoms with Gasteiger partial charge in [0.25, 0.3) is 0 Å². The lowest BCUT2D eigenvalue weighted by Gasteiger charge is -2.09. The fourth-order valence-corrected chi connectivity index (χ4v) is 0.950. The highest BCUT2D eigenvalue weighted by Crippen LogP contribution is 1.89. The van der Waals surface area contributed by atoms with Crippen LogP contribution in [0, 0.1) is 0 Å². The number of carbonyl (C=O) groups is 1. The van der Waals surface area contributed by atoms with E-state index in [1.807, 2.05) is 6.92 Å². The van der Waals surface area contributed by atoms with Crippen LogP contribution in [0.2, 0.25) is 0 Å². The molecule has 3 nitrogen and oxygen atoms in total. The molecule has 0 spiro atoms. The molecule has 58 valence electrons. The van der Waals surface area contributed by atoms with Crippen molar-refractivity contribution >= 4 is 23.1 Å². The third-order valence-corrected chi connectivity index (χ3v) is 1.12. The van der Waals surface area contributed by atoms with Crippen LogP contribution in [0.1, 0.15) is 20.3 Å². The normalized spacial score (nSPS) is 12.2. The first-order valence-corrected chi connectivity index (χ1v) is 3.48. The first kappa shape index (κ1) is 9.36. The van der Waals surface area contributed by atoms with Crippen LogP contribution in [-0.4, -0.2) is 16.9 Å². The van der Waals surface area contributed by atoms with Gasteiger partial charge in [-0.2, -0.15) is 0 Å². The van der Waals surface area contributed by atoms with E-state index < -0.39 is 0 Å². The van der Waals surface area contributed by atoms with Gasteiger partial charge in [0.2, 0.25) is 5.91 Å². The maximum absolute atomic E-state index is 10.4. The highest BCUT2D eigenvalue weighted by Gasteiger charge is 2.02. The van der Waals surface area contributed by atoms with Crippen molar-refractivity contribution in [2.75, 3.05) is 0 Å². The van der Waals surface area contributed by atoms with Crippen molar-refractivity contribution in [1.82, 2.24) is 5.32 Å². The molecular weight excluding hydrogens is 148 g/mol. The molecule has 10 heavy (non-hydrogen) atoms. The molecule has 0 rings (SSSR count). The summed E-state index contributed by atoms with van der Waals surface area (Å²) in [5.74, 6) is -0.0521.